The first-order valence-corrected chi connectivity index (χ1v) is 33.2. The van der Waals surface area contributed by atoms with Crippen LogP contribution in [-0.2, 0) is 67.7 Å². The largest absolute Gasteiger partial charge is 0.508 e. The number of benzene rings is 5. The second kappa shape index (κ2) is 28.4. The van der Waals surface area contributed by atoms with Crippen LogP contribution in [0.2, 0.25) is 0 Å². The molecule has 8 aliphatic rings. The highest BCUT2D eigenvalue weighted by Crippen LogP contribution is 2.50. The van der Waals surface area contributed by atoms with Gasteiger partial charge in [0.1, 0.15) is 30.5 Å². The molecule has 0 spiro atoms. The van der Waals surface area contributed by atoms with Crippen LogP contribution < -0.4 is 25.8 Å². The first kappa shape index (κ1) is 61.6. The minimum Gasteiger partial charge on any atom is -0.508 e. The highest BCUT2D eigenvalue weighted by atomic mass is 16.7. The average Bonchev–Trinajstić information content (AvgIpc) is 1.89. The van der Waals surface area contributed by atoms with Crippen molar-refractivity contribution in [1.29, 1.82) is 0 Å². The molecule has 2 saturated heterocycles. The molecule has 5 N–H and O–H groups in total. The van der Waals surface area contributed by atoms with Crippen molar-refractivity contribution in [1.82, 2.24) is 10.6 Å². The molecular weight excluding hydrogens is 1070 g/mol. The van der Waals surface area contributed by atoms with Crippen LogP contribution in [0, 0.1) is 17.8 Å². The summed E-state index contributed by atoms with van der Waals surface area (Å²) in [4.78, 5) is 25.6. The number of carbonyl (C=O) groups excluding carboxylic acids is 2. The van der Waals surface area contributed by atoms with E-state index in [1.807, 2.05) is 66.7 Å². The lowest BCUT2D eigenvalue weighted by Crippen LogP contribution is -2.57. The first-order chi connectivity index (χ1) is 41.8. The molecule has 2 amide bonds. The molecule has 0 aromatic heterocycles. The number of nitrogens with two attached hydrogens (primary N) is 1. The van der Waals surface area contributed by atoms with Crippen molar-refractivity contribution in [2.24, 2.45) is 23.5 Å². The van der Waals surface area contributed by atoms with Crippen LogP contribution in [-0.4, -0.2) is 61.2 Å². The van der Waals surface area contributed by atoms with E-state index in [1.54, 1.807) is 6.07 Å². The molecule has 462 valence electrons. The van der Waals surface area contributed by atoms with Gasteiger partial charge in [-0.2, -0.15) is 0 Å². The molecule has 2 aliphatic heterocycles. The molecule has 5 fully saturated rings. The number of ether oxygens (including phenoxy) is 6. The van der Waals surface area contributed by atoms with E-state index < -0.39 is 0 Å². The maximum atomic E-state index is 12.9. The third kappa shape index (κ3) is 14.6. The SMILES string of the molecule is C[C@@]12CCCCC[C@@H](Cc3ccc(O)cc31)[C@@H]2NC(=O)OCc1ccccc1.C[C@@]12CCCCC[C@@H](Cc3ccc(OC4CCCCO4)cc31)[C@@H]2N.C[C@@]12CCCCC[C@@H](Cc3ccc(OC4CCCCO4)cc31)[C@@H]2NC(=O)OCc1ccccc1. The second-order valence-corrected chi connectivity index (χ2v) is 27.1. The summed E-state index contributed by atoms with van der Waals surface area (Å²) in [6, 6.07) is 38.9. The molecule has 2 heterocycles. The fraction of sp³-hybridized carbons (Fsp3) is 0.568. The van der Waals surface area contributed by atoms with Crippen molar-refractivity contribution in [3.05, 3.63) is 160 Å². The van der Waals surface area contributed by atoms with E-state index in [0.29, 0.717) is 23.5 Å². The van der Waals surface area contributed by atoms with Gasteiger partial charge in [0.15, 0.2) is 12.6 Å². The summed E-state index contributed by atoms with van der Waals surface area (Å²) < 4.78 is 35.1. The molecule has 3 saturated carbocycles. The van der Waals surface area contributed by atoms with E-state index >= 15 is 0 Å². The Hall–Kier alpha value is -6.08. The van der Waals surface area contributed by atoms with Crippen LogP contribution >= 0.6 is 0 Å². The highest BCUT2D eigenvalue weighted by molar-refractivity contribution is 5.69. The van der Waals surface area contributed by atoms with Crippen molar-refractivity contribution < 1.29 is 43.1 Å². The van der Waals surface area contributed by atoms with Gasteiger partial charge < -0.3 is 49.9 Å². The van der Waals surface area contributed by atoms with Crippen LogP contribution in [0.25, 0.3) is 0 Å². The van der Waals surface area contributed by atoms with Gasteiger partial charge in [-0.1, -0.05) is 157 Å². The molecule has 12 nitrogen and oxygen atoms in total. The Labute approximate surface area is 512 Å². The average molecular weight is 1170 g/mol. The topological polar surface area (TPSA) is 160 Å². The lowest BCUT2D eigenvalue weighted by molar-refractivity contribution is -0.106. The van der Waals surface area contributed by atoms with Crippen molar-refractivity contribution >= 4 is 12.2 Å². The number of hydrogen-bond acceptors (Lipinski definition) is 10. The fourth-order valence-electron chi connectivity index (χ4n) is 16.4. The minimum atomic E-state index is -0.353. The van der Waals surface area contributed by atoms with Crippen LogP contribution in [0.4, 0.5) is 9.59 Å². The minimum absolute atomic E-state index is 0.0189. The van der Waals surface area contributed by atoms with E-state index in [2.05, 4.69) is 73.9 Å². The molecule has 0 radical (unpaired) electrons. The van der Waals surface area contributed by atoms with Crippen LogP contribution in [0.1, 0.15) is 200 Å². The number of nitrogens with one attached hydrogen (secondary N) is 2. The van der Waals surface area contributed by atoms with Crippen LogP contribution in [0.15, 0.2) is 115 Å². The molecule has 12 heteroatoms. The number of phenols is 1. The Balaban J connectivity index is 0.000000136. The monoisotopic (exact) mass is 1170 g/mol. The van der Waals surface area contributed by atoms with Gasteiger partial charge in [-0.25, -0.2) is 9.59 Å². The number of carbonyl (C=O) groups is 2. The standard InChI is InChI=1S/C29H37NO4.C24H29NO3.C21H31NO2/c1-29-16-8-3-6-12-23(27(29)30-28(31)33-20-21-10-4-2-5-11-21)18-22-14-15-24(19-25(22)29)34-26-13-7-9-17-32-26;1-24-13-7-3-6-10-19(14-18-11-12-20(26)15-21(18)24)22(24)25-23(27)28-16-17-8-4-2-5-9-17;1-21-11-5-2-3-7-16(20(21)22)13-15-9-10-17(14-18(15)21)24-19-8-4-6-12-23-19/h2,4-5,10-11,14-15,19,23,26-27H,3,6-9,12-13,16-18,20H2,1H3,(H,30,31);2,4-5,8-9,11-12,15,19,22,26H,3,6-7,10,13-14,16H2,1H3,(H,25,27);9-10,14,16,19-20H,2-8,11-13,22H2,1H3/t23-,26?,27-,29+;19-,22-,24+;16-,19?,20-,21+/m000/s1. The van der Waals surface area contributed by atoms with Gasteiger partial charge >= 0.3 is 12.2 Å². The van der Waals surface area contributed by atoms with Crippen molar-refractivity contribution in [2.75, 3.05) is 13.2 Å². The van der Waals surface area contributed by atoms with Gasteiger partial charge in [-0.05, 0) is 182 Å². The van der Waals surface area contributed by atoms with E-state index in [0.717, 1.165) is 126 Å². The van der Waals surface area contributed by atoms with Crippen LogP contribution in [0.5, 0.6) is 17.2 Å². The molecule has 6 bridgehead atoms. The Morgan fingerprint density at radius 2 is 0.895 bits per heavy atom. The predicted octanol–water partition coefficient (Wildman–Crippen LogP) is 15.7. The Morgan fingerprint density at radius 1 is 0.488 bits per heavy atom. The molecule has 6 aliphatic carbocycles. The lowest BCUT2D eigenvalue weighted by atomic mass is 9.59. The predicted molar refractivity (Wildman–Crippen MR) is 337 cm³/mol. The second-order valence-electron chi connectivity index (χ2n) is 27.1. The highest BCUT2D eigenvalue weighted by Gasteiger charge is 2.49. The molecule has 13 rings (SSSR count). The molecule has 5 aromatic rings. The quantitative estimate of drug-likeness (QED) is 0.106. The van der Waals surface area contributed by atoms with Gasteiger partial charge in [-0.15, -0.1) is 0 Å². The van der Waals surface area contributed by atoms with Gasteiger partial charge in [0.2, 0.25) is 0 Å². The normalized spacial score (nSPS) is 30.1. The number of fused-ring (bicyclic) bond motifs is 12. The smallest absolute Gasteiger partial charge is 0.407 e. The first-order valence-electron chi connectivity index (χ1n) is 33.2. The third-order valence-electron chi connectivity index (χ3n) is 21.2. The Bertz CT molecular complexity index is 3020. The van der Waals surface area contributed by atoms with E-state index in [1.165, 1.54) is 97.6 Å². The number of hydrogen-bond donors (Lipinski definition) is 4. The summed E-state index contributed by atoms with van der Waals surface area (Å²) in [5.74, 6) is 3.57. The summed E-state index contributed by atoms with van der Waals surface area (Å²) in [5.41, 5.74) is 16.6. The number of phenolic OH excluding ortho intramolecular Hbond substituents is 1. The van der Waals surface area contributed by atoms with Crippen molar-refractivity contribution in [2.45, 2.75) is 235 Å². The summed E-state index contributed by atoms with van der Waals surface area (Å²) in [6.45, 7) is 9.10. The molecule has 86 heavy (non-hydrogen) atoms. The summed E-state index contributed by atoms with van der Waals surface area (Å²) >= 11 is 0. The van der Waals surface area contributed by atoms with Gasteiger partial charge in [0.05, 0.1) is 13.2 Å². The maximum Gasteiger partial charge on any atom is 0.407 e. The Morgan fingerprint density at radius 3 is 1.36 bits per heavy atom. The molecule has 5 aromatic carbocycles. The summed E-state index contributed by atoms with van der Waals surface area (Å²) in [5, 5.41) is 16.6. The van der Waals surface area contributed by atoms with E-state index in [4.69, 9.17) is 34.2 Å². The lowest BCUT2D eigenvalue weighted by Gasteiger charge is -2.49. The van der Waals surface area contributed by atoms with E-state index in [-0.39, 0.29) is 72.4 Å². The van der Waals surface area contributed by atoms with Gasteiger partial charge in [0.25, 0.3) is 0 Å². The van der Waals surface area contributed by atoms with Gasteiger partial charge in [-0.3, -0.25) is 0 Å². The van der Waals surface area contributed by atoms with Crippen LogP contribution in [0.3, 0.4) is 0 Å². The van der Waals surface area contributed by atoms with Crippen molar-refractivity contribution in [3.8, 4) is 17.2 Å². The number of aromatic hydroxyl groups is 1. The molecule has 2 unspecified atom stereocenters. The molecular formula is C74H97N3O9. The number of rotatable bonds is 10. The third-order valence-corrected chi connectivity index (χ3v) is 21.2. The zero-order valence-electron chi connectivity index (χ0n) is 51.7. The van der Waals surface area contributed by atoms with Crippen molar-refractivity contribution in [3.63, 3.8) is 0 Å². The van der Waals surface area contributed by atoms with Gasteiger partial charge in [0, 0.05) is 47.2 Å². The number of amides is 2. The summed E-state index contributed by atoms with van der Waals surface area (Å²) in [6.07, 6.45) is 26.6. The summed E-state index contributed by atoms with van der Waals surface area (Å²) in [7, 11) is 0. The molecule has 11 atom stereocenters. The Kier molecular flexibility index (Phi) is 20.3. The zero-order chi connectivity index (χ0) is 59.5. The van der Waals surface area contributed by atoms with E-state index in [9.17, 15) is 14.7 Å². The number of alkyl carbamates (subject to hydrolysis) is 2. The fourth-order valence-corrected chi connectivity index (χ4v) is 16.4. The maximum absolute atomic E-state index is 12.9. The zero-order valence-corrected chi connectivity index (χ0v) is 51.7.